The fourth-order valence-electron chi connectivity index (χ4n) is 2.31. The van der Waals surface area contributed by atoms with Crippen LogP contribution in [0.2, 0.25) is 0 Å². The fourth-order valence-corrected chi connectivity index (χ4v) is 3.34. The highest BCUT2D eigenvalue weighted by molar-refractivity contribution is 8.26. The molecule has 0 radical (unpaired) electrons. The second-order valence-corrected chi connectivity index (χ2v) is 6.27. The van der Waals surface area contributed by atoms with Crippen LogP contribution in [0.4, 0.5) is 0 Å². The van der Waals surface area contributed by atoms with Crippen molar-refractivity contribution in [3.05, 3.63) is 40.9 Å². The van der Waals surface area contributed by atoms with E-state index in [0.29, 0.717) is 22.2 Å². The van der Waals surface area contributed by atoms with Crippen LogP contribution in [0.5, 0.6) is 0 Å². The number of carbonyl (C=O) groups is 1. The predicted molar refractivity (Wildman–Crippen MR) is 88.5 cm³/mol. The van der Waals surface area contributed by atoms with Crippen LogP contribution >= 0.6 is 24.0 Å². The van der Waals surface area contributed by atoms with Crippen molar-refractivity contribution < 1.29 is 4.79 Å². The Bertz CT molecular complexity index is 814. The fraction of sp³-hybridized carbons (Fsp3) is 0.133. The molecular formula is C15H11N3OS2. The third-order valence-electron chi connectivity index (χ3n) is 3.21. The molecule has 1 N–H and O–H groups in total. The first-order valence-electron chi connectivity index (χ1n) is 6.39. The molecule has 0 spiro atoms. The number of nitrogens with one attached hydrogen (secondary N) is 1. The van der Waals surface area contributed by atoms with E-state index >= 15 is 0 Å². The van der Waals surface area contributed by atoms with Gasteiger partial charge < -0.3 is 9.88 Å². The molecule has 0 bridgehead atoms. The average molecular weight is 313 g/mol. The van der Waals surface area contributed by atoms with E-state index in [1.165, 1.54) is 11.8 Å². The molecule has 4 nitrogen and oxygen atoms in total. The molecular weight excluding hydrogens is 302 g/mol. The number of thioether (sulfide) groups is 1. The number of nitriles is 1. The van der Waals surface area contributed by atoms with Gasteiger partial charge in [0.05, 0.1) is 17.4 Å². The second-order valence-electron chi connectivity index (χ2n) is 4.56. The highest BCUT2D eigenvalue weighted by Crippen LogP contribution is 2.29. The lowest BCUT2D eigenvalue weighted by Gasteiger charge is -2.00. The Morgan fingerprint density at radius 1 is 1.43 bits per heavy atom. The Hall–Kier alpha value is -2.10. The number of benzene rings is 1. The largest absolute Gasteiger partial charge is 0.346 e. The standard InChI is InChI=1S/C15H11N3OS2/c16-6-3-7-18-9-10(11-4-1-2-5-12(11)18)8-13-14(19)17-15(20)21-13/h1-2,4-5,8-9H,3,7H2,(H,17,19,20)/b13-8-. The third-order valence-corrected chi connectivity index (χ3v) is 4.38. The Labute approximate surface area is 131 Å². The minimum Gasteiger partial charge on any atom is -0.346 e. The van der Waals surface area contributed by atoms with Gasteiger partial charge in [-0.25, -0.2) is 0 Å². The van der Waals surface area contributed by atoms with Crippen LogP contribution in [-0.4, -0.2) is 14.8 Å². The SMILES string of the molecule is N#CCCn1cc(/C=C2\SC(=S)NC2=O)c2ccccc21. The second kappa shape index (κ2) is 5.72. The van der Waals surface area contributed by atoms with Gasteiger partial charge in [0, 0.05) is 29.2 Å². The summed E-state index contributed by atoms with van der Waals surface area (Å²) in [4.78, 5) is 12.4. The molecule has 1 saturated heterocycles. The van der Waals surface area contributed by atoms with Crippen LogP contribution in [-0.2, 0) is 11.3 Å². The summed E-state index contributed by atoms with van der Waals surface area (Å²) >= 11 is 6.27. The summed E-state index contributed by atoms with van der Waals surface area (Å²) in [6.07, 6.45) is 4.28. The van der Waals surface area contributed by atoms with Crippen molar-refractivity contribution in [3.63, 3.8) is 0 Å². The lowest BCUT2D eigenvalue weighted by molar-refractivity contribution is -0.115. The number of aryl methyl sites for hydroxylation is 1. The first kappa shape index (κ1) is 13.9. The number of hydrogen-bond donors (Lipinski definition) is 1. The zero-order valence-corrected chi connectivity index (χ0v) is 12.6. The zero-order chi connectivity index (χ0) is 14.8. The Kier molecular flexibility index (Phi) is 3.78. The number of aromatic nitrogens is 1. The maximum atomic E-state index is 11.8. The molecule has 1 aliphatic rings. The molecule has 1 aliphatic heterocycles. The first-order chi connectivity index (χ1) is 10.2. The summed E-state index contributed by atoms with van der Waals surface area (Å²) in [5, 5.41) is 12.4. The predicted octanol–water partition coefficient (Wildman–Crippen LogP) is 3.04. The van der Waals surface area contributed by atoms with Gasteiger partial charge in [0.2, 0.25) is 0 Å². The van der Waals surface area contributed by atoms with Gasteiger partial charge >= 0.3 is 0 Å². The van der Waals surface area contributed by atoms with E-state index in [0.717, 1.165) is 16.5 Å². The Morgan fingerprint density at radius 3 is 2.95 bits per heavy atom. The van der Waals surface area contributed by atoms with Crippen molar-refractivity contribution in [1.82, 2.24) is 9.88 Å². The van der Waals surface area contributed by atoms with Crippen molar-refractivity contribution in [1.29, 1.82) is 5.26 Å². The quantitative estimate of drug-likeness (QED) is 0.699. The minimum atomic E-state index is -0.154. The number of carbonyl (C=O) groups excluding carboxylic acids is 1. The molecule has 0 saturated carbocycles. The van der Waals surface area contributed by atoms with Gasteiger partial charge in [0.15, 0.2) is 0 Å². The summed E-state index contributed by atoms with van der Waals surface area (Å²) in [6.45, 7) is 0.637. The number of para-hydroxylation sites is 1. The highest BCUT2D eigenvalue weighted by atomic mass is 32.2. The van der Waals surface area contributed by atoms with Crippen molar-refractivity contribution in [3.8, 4) is 6.07 Å². The van der Waals surface area contributed by atoms with Crippen LogP contribution in [0.25, 0.3) is 17.0 Å². The zero-order valence-electron chi connectivity index (χ0n) is 11.0. The van der Waals surface area contributed by atoms with Crippen molar-refractivity contribution in [2.24, 2.45) is 0 Å². The lowest BCUT2D eigenvalue weighted by atomic mass is 10.1. The van der Waals surface area contributed by atoms with Crippen molar-refractivity contribution in [2.75, 3.05) is 0 Å². The summed E-state index contributed by atoms with van der Waals surface area (Å²) in [7, 11) is 0. The van der Waals surface area contributed by atoms with Crippen LogP contribution in [0, 0.1) is 11.3 Å². The van der Waals surface area contributed by atoms with Crippen LogP contribution in [0.1, 0.15) is 12.0 Å². The molecule has 1 amide bonds. The number of hydrogen-bond acceptors (Lipinski definition) is 4. The normalized spacial score (nSPS) is 16.4. The number of amides is 1. The van der Waals surface area contributed by atoms with Crippen molar-refractivity contribution >= 4 is 51.2 Å². The van der Waals surface area contributed by atoms with Gasteiger partial charge in [-0.1, -0.05) is 42.2 Å². The van der Waals surface area contributed by atoms with Gasteiger partial charge in [0.25, 0.3) is 5.91 Å². The van der Waals surface area contributed by atoms with E-state index in [4.69, 9.17) is 17.5 Å². The van der Waals surface area contributed by atoms with Gasteiger partial charge in [-0.3, -0.25) is 4.79 Å². The van der Waals surface area contributed by atoms with Crippen LogP contribution < -0.4 is 5.32 Å². The molecule has 2 aromatic rings. The smallest absolute Gasteiger partial charge is 0.263 e. The molecule has 21 heavy (non-hydrogen) atoms. The first-order valence-corrected chi connectivity index (χ1v) is 7.61. The van der Waals surface area contributed by atoms with E-state index in [1.54, 1.807) is 0 Å². The highest BCUT2D eigenvalue weighted by Gasteiger charge is 2.22. The van der Waals surface area contributed by atoms with E-state index in [1.807, 2.05) is 41.1 Å². The van der Waals surface area contributed by atoms with E-state index in [2.05, 4.69) is 11.4 Å². The van der Waals surface area contributed by atoms with Crippen molar-refractivity contribution in [2.45, 2.75) is 13.0 Å². The monoisotopic (exact) mass is 313 g/mol. The molecule has 3 rings (SSSR count). The topological polar surface area (TPSA) is 57.8 Å². The third kappa shape index (κ3) is 2.71. The average Bonchev–Trinajstić information content (AvgIpc) is 2.98. The summed E-state index contributed by atoms with van der Waals surface area (Å²) in [6, 6.07) is 10.1. The molecule has 0 unspecified atom stereocenters. The molecule has 104 valence electrons. The maximum Gasteiger partial charge on any atom is 0.263 e. The van der Waals surface area contributed by atoms with E-state index < -0.39 is 0 Å². The van der Waals surface area contributed by atoms with Crippen LogP contribution in [0.3, 0.4) is 0 Å². The number of nitrogens with zero attached hydrogens (tertiary/aromatic N) is 2. The van der Waals surface area contributed by atoms with E-state index in [-0.39, 0.29) is 5.91 Å². The molecule has 0 atom stereocenters. The molecule has 6 heteroatoms. The molecule has 1 fully saturated rings. The maximum absolute atomic E-state index is 11.8. The summed E-state index contributed by atoms with van der Waals surface area (Å²) in [5.74, 6) is -0.154. The van der Waals surface area contributed by atoms with Crippen LogP contribution in [0.15, 0.2) is 35.4 Å². The van der Waals surface area contributed by atoms with Gasteiger partial charge in [0.1, 0.15) is 4.32 Å². The Morgan fingerprint density at radius 2 is 2.24 bits per heavy atom. The van der Waals surface area contributed by atoms with Gasteiger partial charge in [-0.15, -0.1) is 0 Å². The minimum absolute atomic E-state index is 0.154. The Balaban J connectivity index is 2.07. The van der Waals surface area contributed by atoms with Gasteiger partial charge in [-0.2, -0.15) is 5.26 Å². The molecule has 1 aromatic heterocycles. The summed E-state index contributed by atoms with van der Waals surface area (Å²) in [5.41, 5.74) is 2.02. The lowest BCUT2D eigenvalue weighted by Crippen LogP contribution is -2.17. The number of thiocarbonyl (C=S) groups is 1. The van der Waals surface area contributed by atoms with E-state index in [9.17, 15) is 4.79 Å². The molecule has 1 aromatic carbocycles. The number of fused-ring (bicyclic) bond motifs is 1. The number of rotatable bonds is 3. The summed E-state index contributed by atoms with van der Waals surface area (Å²) < 4.78 is 2.53. The molecule has 0 aliphatic carbocycles. The molecule has 2 heterocycles. The van der Waals surface area contributed by atoms with Gasteiger partial charge in [-0.05, 0) is 12.1 Å².